The lowest BCUT2D eigenvalue weighted by Crippen LogP contribution is -2.02. The van der Waals surface area contributed by atoms with Gasteiger partial charge in [0.15, 0.2) is 0 Å². The molecule has 1 aromatic heterocycles. The van der Waals surface area contributed by atoms with Crippen LogP contribution in [0.2, 0.25) is 5.02 Å². The van der Waals surface area contributed by atoms with E-state index in [4.69, 9.17) is 11.6 Å². The number of pyridine rings is 1. The molecule has 0 aliphatic carbocycles. The molecule has 0 saturated heterocycles. The Labute approximate surface area is 98.9 Å². The number of rotatable bonds is 2. The minimum absolute atomic E-state index is 0.472. The summed E-state index contributed by atoms with van der Waals surface area (Å²) < 4.78 is 13.5. The van der Waals surface area contributed by atoms with Crippen molar-refractivity contribution >= 4 is 11.6 Å². The third-order valence-corrected chi connectivity index (χ3v) is 2.77. The van der Waals surface area contributed by atoms with E-state index in [1.165, 1.54) is 6.20 Å². The largest absolute Gasteiger partial charge is 0.228 e. The lowest BCUT2D eigenvalue weighted by molar-refractivity contribution is 0.573. The van der Waals surface area contributed by atoms with Gasteiger partial charge in [0.05, 0.1) is 0 Å². The second-order valence-corrected chi connectivity index (χ2v) is 3.85. The van der Waals surface area contributed by atoms with E-state index in [0.717, 1.165) is 11.5 Å². The van der Waals surface area contributed by atoms with Gasteiger partial charge >= 0.3 is 0 Å². The minimum atomic E-state index is -0.472. The highest BCUT2D eigenvalue weighted by Gasteiger charge is 2.16. The van der Waals surface area contributed by atoms with Crippen LogP contribution in [0.5, 0.6) is 0 Å². The molecule has 0 fully saturated rings. The van der Waals surface area contributed by atoms with Gasteiger partial charge in [0.25, 0.3) is 0 Å². The summed E-state index contributed by atoms with van der Waals surface area (Å²) in [5.74, 6) is 0.316. The monoisotopic (exact) mass is 234 g/mol. The normalized spacial score (nSPS) is 10.8. The van der Waals surface area contributed by atoms with E-state index < -0.39 is 5.95 Å². The highest BCUT2D eigenvalue weighted by atomic mass is 35.5. The Kier molecular flexibility index (Phi) is 3.20. The highest BCUT2D eigenvalue weighted by Crippen LogP contribution is 2.29. The average Bonchev–Trinajstić information content (AvgIpc) is 2.29. The second kappa shape index (κ2) is 4.62. The van der Waals surface area contributed by atoms with E-state index in [1.807, 2.05) is 25.1 Å². The summed E-state index contributed by atoms with van der Waals surface area (Å²) in [5, 5.41) is 0.614. The fourth-order valence-electron chi connectivity index (χ4n) is 1.58. The fraction of sp³-hybridized carbons (Fsp3) is 0.0769. The summed E-state index contributed by atoms with van der Waals surface area (Å²) in [6.45, 7) is 1.83. The molecule has 0 bridgehead atoms. The Morgan fingerprint density at radius 1 is 1.12 bits per heavy atom. The van der Waals surface area contributed by atoms with Gasteiger partial charge in [-0.1, -0.05) is 42.8 Å². The zero-order chi connectivity index (χ0) is 11.5. The molecule has 81 valence electrons. The molecule has 1 nitrogen and oxygen atoms in total. The topological polar surface area (TPSA) is 12.9 Å². The molecule has 1 heterocycles. The van der Waals surface area contributed by atoms with Crippen molar-refractivity contribution in [1.82, 2.24) is 4.98 Å². The highest BCUT2D eigenvalue weighted by molar-refractivity contribution is 6.31. The van der Waals surface area contributed by atoms with Gasteiger partial charge in [-0.2, -0.15) is 4.39 Å². The molecule has 2 aromatic rings. The standard InChI is InChI=1S/C13H10ClFN/c1-9(10-5-2-3-7-12(10)14)11-6-4-8-16-13(11)15/h2-8H,1H3. The molecule has 0 N–H and O–H groups in total. The lowest BCUT2D eigenvalue weighted by Gasteiger charge is -2.13. The van der Waals surface area contributed by atoms with Crippen LogP contribution in [0.1, 0.15) is 18.1 Å². The van der Waals surface area contributed by atoms with Crippen LogP contribution in [0.25, 0.3) is 0 Å². The van der Waals surface area contributed by atoms with Crippen molar-refractivity contribution in [2.24, 2.45) is 0 Å². The summed E-state index contributed by atoms with van der Waals surface area (Å²) in [7, 11) is 0. The predicted molar refractivity (Wildman–Crippen MR) is 62.8 cm³/mol. The van der Waals surface area contributed by atoms with Gasteiger partial charge in [-0.3, -0.25) is 0 Å². The molecule has 0 aliphatic rings. The van der Waals surface area contributed by atoms with E-state index in [1.54, 1.807) is 18.2 Å². The molecular weight excluding hydrogens is 225 g/mol. The van der Waals surface area contributed by atoms with Gasteiger partial charge in [0.1, 0.15) is 0 Å². The van der Waals surface area contributed by atoms with E-state index in [-0.39, 0.29) is 0 Å². The Morgan fingerprint density at radius 3 is 2.50 bits per heavy atom. The molecule has 16 heavy (non-hydrogen) atoms. The van der Waals surface area contributed by atoms with E-state index in [2.05, 4.69) is 4.98 Å². The van der Waals surface area contributed by atoms with Gasteiger partial charge in [0.2, 0.25) is 5.95 Å². The molecule has 1 aromatic carbocycles. The van der Waals surface area contributed by atoms with Crippen LogP contribution >= 0.6 is 11.6 Å². The molecule has 0 spiro atoms. The third-order valence-electron chi connectivity index (χ3n) is 2.44. The molecule has 0 amide bonds. The van der Waals surface area contributed by atoms with E-state index in [9.17, 15) is 4.39 Å². The van der Waals surface area contributed by atoms with Crippen molar-refractivity contribution < 1.29 is 4.39 Å². The number of benzene rings is 1. The molecule has 3 heteroatoms. The first-order valence-corrected chi connectivity index (χ1v) is 5.27. The maximum atomic E-state index is 13.5. The van der Waals surface area contributed by atoms with Crippen LogP contribution in [0.4, 0.5) is 4.39 Å². The zero-order valence-electron chi connectivity index (χ0n) is 8.74. The molecule has 2 rings (SSSR count). The summed E-state index contributed by atoms with van der Waals surface area (Å²) in [5.41, 5.74) is 1.31. The van der Waals surface area contributed by atoms with Crippen molar-refractivity contribution in [1.29, 1.82) is 0 Å². The van der Waals surface area contributed by atoms with Gasteiger partial charge in [-0.05, 0) is 17.7 Å². The van der Waals surface area contributed by atoms with Gasteiger partial charge in [-0.25, -0.2) is 4.98 Å². The average molecular weight is 235 g/mol. The molecule has 1 radical (unpaired) electrons. The summed E-state index contributed by atoms with van der Waals surface area (Å²) in [6.07, 6.45) is 1.43. The van der Waals surface area contributed by atoms with Crippen LogP contribution in [-0.2, 0) is 0 Å². The first-order chi connectivity index (χ1) is 7.70. The summed E-state index contributed by atoms with van der Waals surface area (Å²) >= 11 is 6.06. The van der Waals surface area contributed by atoms with E-state index in [0.29, 0.717) is 10.6 Å². The number of nitrogens with zero attached hydrogens (tertiary/aromatic N) is 1. The Balaban J connectivity index is 2.44. The number of aromatic nitrogens is 1. The van der Waals surface area contributed by atoms with Crippen LogP contribution in [0, 0.1) is 11.9 Å². The van der Waals surface area contributed by atoms with Crippen molar-refractivity contribution in [2.45, 2.75) is 6.92 Å². The quantitative estimate of drug-likeness (QED) is 0.719. The molecule has 0 saturated carbocycles. The third kappa shape index (κ3) is 2.07. The number of hydrogen-bond acceptors (Lipinski definition) is 1. The van der Waals surface area contributed by atoms with Crippen LogP contribution in [0.15, 0.2) is 42.6 Å². The maximum absolute atomic E-state index is 13.5. The van der Waals surface area contributed by atoms with Gasteiger partial charge < -0.3 is 0 Å². The molecule has 0 aliphatic heterocycles. The lowest BCUT2D eigenvalue weighted by atomic mass is 9.94. The van der Waals surface area contributed by atoms with Crippen LogP contribution in [-0.4, -0.2) is 4.98 Å². The smallest absolute Gasteiger partial charge is 0.216 e. The van der Waals surface area contributed by atoms with Crippen LogP contribution in [0.3, 0.4) is 0 Å². The Morgan fingerprint density at radius 2 is 1.81 bits per heavy atom. The fourth-order valence-corrected chi connectivity index (χ4v) is 1.85. The second-order valence-electron chi connectivity index (χ2n) is 3.45. The number of halogens is 2. The number of hydrogen-bond donors (Lipinski definition) is 0. The summed E-state index contributed by atoms with van der Waals surface area (Å²) in [6, 6.07) is 10.8. The van der Waals surface area contributed by atoms with Crippen molar-refractivity contribution in [3.05, 3.63) is 70.6 Å². The zero-order valence-corrected chi connectivity index (χ0v) is 9.50. The van der Waals surface area contributed by atoms with Gasteiger partial charge in [-0.15, -0.1) is 0 Å². The first-order valence-electron chi connectivity index (χ1n) is 4.89. The van der Waals surface area contributed by atoms with Crippen molar-refractivity contribution in [3.8, 4) is 0 Å². The Bertz CT molecular complexity index is 453. The first kappa shape index (κ1) is 11.1. The van der Waals surface area contributed by atoms with Crippen molar-refractivity contribution in [3.63, 3.8) is 0 Å². The molecule has 0 unspecified atom stereocenters. The predicted octanol–water partition coefficient (Wildman–Crippen LogP) is 3.86. The van der Waals surface area contributed by atoms with Crippen molar-refractivity contribution in [2.75, 3.05) is 0 Å². The Hall–Kier alpha value is -1.41. The minimum Gasteiger partial charge on any atom is -0.228 e. The molecule has 0 atom stereocenters. The van der Waals surface area contributed by atoms with Crippen LogP contribution < -0.4 is 0 Å². The summed E-state index contributed by atoms with van der Waals surface area (Å²) in [4.78, 5) is 3.62. The molecular formula is C13H10ClFN. The maximum Gasteiger partial charge on any atom is 0.216 e. The van der Waals surface area contributed by atoms with Gasteiger partial charge in [0, 0.05) is 22.7 Å². The van der Waals surface area contributed by atoms with E-state index >= 15 is 0 Å². The SMILES string of the molecule is C[C](c1ccccc1Cl)c1cccnc1F.